The number of carboxylic acid groups (broad SMARTS) is 1. The van der Waals surface area contributed by atoms with E-state index in [1.165, 1.54) is 12.1 Å². The maximum Gasteiger partial charge on any atom is 0.307 e. The van der Waals surface area contributed by atoms with Crippen molar-refractivity contribution in [3.8, 4) is 0 Å². The molecule has 0 spiro atoms. The molecule has 2 saturated heterocycles. The summed E-state index contributed by atoms with van der Waals surface area (Å²) < 4.78 is 13.0. The van der Waals surface area contributed by atoms with Crippen molar-refractivity contribution in [1.82, 2.24) is 9.80 Å². The second kappa shape index (κ2) is 7.17. The first-order valence-corrected chi connectivity index (χ1v) is 8.26. The largest absolute Gasteiger partial charge is 0.481 e. The number of hydrogen-bond acceptors (Lipinski definition) is 4. The van der Waals surface area contributed by atoms with Gasteiger partial charge in [0.25, 0.3) is 0 Å². The normalized spacial score (nSPS) is 22.0. The average molecular weight is 335 g/mol. The van der Waals surface area contributed by atoms with Crippen molar-refractivity contribution in [3.05, 3.63) is 30.1 Å². The van der Waals surface area contributed by atoms with Crippen molar-refractivity contribution in [1.29, 1.82) is 0 Å². The fraction of sp³-hybridized carbons (Fsp3) is 0.529. The number of anilines is 1. The van der Waals surface area contributed by atoms with Gasteiger partial charge in [0.15, 0.2) is 0 Å². The summed E-state index contributed by atoms with van der Waals surface area (Å²) in [4.78, 5) is 29.3. The van der Waals surface area contributed by atoms with E-state index in [-0.39, 0.29) is 17.6 Å². The molecule has 7 heteroatoms. The maximum absolute atomic E-state index is 13.0. The molecule has 1 atom stereocenters. The third-order valence-corrected chi connectivity index (χ3v) is 4.80. The number of rotatable bonds is 4. The van der Waals surface area contributed by atoms with Crippen LogP contribution in [-0.2, 0) is 9.59 Å². The molecule has 1 amide bonds. The van der Waals surface area contributed by atoms with Crippen molar-refractivity contribution in [3.63, 3.8) is 0 Å². The minimum absolute atomic E-state index is 0.0554. The second-order valence-corrected chi connectivity index (χ2v) is 6.40. The molecule has 0 bridgehead atoms. The van der Waals surface area contributed by atoms with Gasteiger partial charge in [-0.3, -0.25) is 14.5 Å². The SMILES string of the molecule is O=C(O)C1CCN(CC(=O)N2CCN(c3ccc(F)cc3)CC2)C1. The quantitative estimate of drug-likeness (QED) is 0.885. The summed E-state index contributed by atoms with van der Waals surface area (Å²) in [5, 5.41) is 9.02. The van der Waals surface area contributed by atoms with E-state index in [2.05, 4.69) is 4.90 Å². The molecule has 0 aromatic heterocycles. The number of carbonyl (C=O) groups excluding carboxylic acids is 1. The number of carbonyl (C=O) groups is 2. The predicted octanol–water partition coefficient (Wildman–Crippen LogP) is 0.881. The van der Waals surface area contributed by atoms with E-state index in [0.717, 1.165) is 18.8 Å². The molecule has 1 aromatic carbocycles. The summed E-state index contributed by atoms with van der Waals surface area (Å²) in [6.07, 6.45) is 0.612. The van der Waals surface area contributed by atoms with Gasteiger partial charge in [-0.05, 0) is 37.2 Å². The van der Waals surface area contributed by atoms with Gasteiger partial charge in [-0.15, -0.1) is 0 Å². The highest BCUT2D eigenvalue weighted by Crippen LogP contribution is 2.18. The first-order chi connectivity index (χ1) is 11.5. The summed E-state index contributed by atoms with van der Waals surface area (Å²) in [5.74, 6) is -1.33. The number of hydrogen-bond donors (Lipinski definition) is 1. The Balaban J connectivity index is 1.47. The molecule has 1 unspecified atom stereocenters. The third-order valence-electron chi connectivity index (χ3n) is 4.80. The van der Waals surface area contributed by atoms with Crippen LogP contribution in [0.2, 0.25) is 0 Å². The lowest BCUT2D eigenvalue weighted by Gasteiger charge is -2.36. The van der Waals surface area contributed by atoms with Crippen LogP contribution in [-0.4, -0.2) is 72.6 Å². The van der Waals surface area contributed by atoms with Crippen molar-refractivity contribution in [2.24, 2.45) is 5.92 Å². The van der Waals surface area contributed by atoms with Gasteiger partial charge in [0.2, 0.25) is 5.91 Å². The Morgan fingerprint density at radius 2 is 1.75 bits per heavy atom. The number of likely N-dealkylation sites (tertiary alicyclic amines) is 1. The molecule has 0 aliphatic carbocycles. The van der Waals surface area contributed by atoms with Crippen LogP contribution in [0.25, 0.3) is 0 Å². The molecule has 0 saturated carbocycles. The molecule has 6 nitrogen and oxygen atoms in total. The zero-order chi connectivity index (χ0) is 17.1. The molecule has 3 rings (SSSR count). The Bertz CT molecular complexity index is 600. The fourth-order valence-corrected chi connectivity index (χ4v) is 3.34. The smallest absolute Gasteiger partial charge is 0.307 e. The molecule has 2 aliphatic heterocycles. The van der Waals surface area contributed by atoms with Crippen molar-refractivity contribution in [2.75, 3.05) is 50.7 Å². The number of halogens is 1. The highest BCUT2D eigenvalue weighted by molar-refractivity contribution is 5.79. The van der Waals surface area contributed by atoms with Crippen LogP contribution >= 0.6 is 0 Å². The molecule has 1 aromatic rings. The van der Waals surface area contributed by atoms with Crippen LogP contribution in [0.4, 0.5) is 10.1 Å². The monoisotopic (exact) mass is 335 g/mol. The number of carboxylic acids is 1. The van der Waals surface area contributed by atoms with Crippen LogP contribution in [0, 0.1) is 11.7 Å². The fourth-order valence-electron chi connectivity index (χ4n) is 3.34. The zero-order valence-electron chi connectivity index (χ0n) is 13.5. The zero-order valence-corrected chi connectivity index (χ0v) is 13.5. The Hall–Kier alpha value is -2.15. The van der Waals surface area contributed by atoms with Gasteiger partial charge in [-0.2, -0.15) is 0 Å². The van der Waals surface area contributed by atoms with Gasteiger partial charge >= 0.3 is 5.97 Å². The molecule has 130 valence electrons. The Kier molecular flexibility index (Phi) is 4.99. The van der Waals surface area contributed by atoms with E-state index in [4.69, 9.17) is 5.11 Å². The molecular weight excluding hydrogens is 313 g/mol. The summed E-state index contributed by atoms with van der Waals surface area (Å²) >= 11 is 0. The molecule has 2 aliphatic rings. The first kappa shape index (κ1) is 16.7. The lowest BCUT2D eigenvalue weighted by Crippen LogP contribution is -2.51. The second-order valence-electron chi connectivity index (χ2n) is 6.40. The Morgan fingerprint density at radius 3 is 2.33 bits per heavy atom. The van der Waals surface area contributed by atoms with E-state index in [1.54, 1.807) is 12.1 Å². The summed E-state index contributed by atoms with van der Waals surface area (Å²) in [7, 11) is 0. The van der Waals surface area contributed by atoms with Crippen LogP contribution in [0.3, 0.4) is 0 Å². The minimum atomic E-state index is -0.780. The summed E-state index contributed by atoms with van der Waals surface area (Å²) in [6, 6.07) is 6.39. The first-order valence-electron chi connectivity index (χ1n) is 8.26. The van der Waals surface area contributed by atoms with Crippen molar-refractivity contribution < 1.29 is 19.1 Å². The van der Waals surface area contributed by atoms with E-state index in [1.807, 2.05) is 9.80 Å². The van der Waals surface area contributed by atoms with Crippen LogP contribution in [0.15, 0.2) is 24.3 Å². The highest BCUT2D eigenvalue weighted by atomic mass is 19.1. The lowest BCUT2D eigenvalue weighted by atomic mass is 10.1. The van der Waals surface area contributed by atoms with Gasteiger partial charge in [-0.25, -0.2) is 4.39 Å². The number of amides is 1. The lowest BCUT2D eigenvalue weighted by molar-refractivity contribution is -0.141. The third kappa shape index (κ3) is 3.84. The Morgan fingerprint density at radius 1 is 1.08 bits per heavy atom. The summed E-state index contributed by atoms with van der Waals surface area (Å²) in [6.45, 7) is 4.11. The topological polar surface area (TPSA) is 64.1 Å². The highest BCUT2D eigenvalue weighted by Gasteiger charge is 2.30. The van der Waals surface area contributed by atoms with Gasteiger partial charge in [-0.1, -0.05) is 0 Å². The van der Waals surface area contributed by atoms with Crippen LogP contribution in [0.1, 0.15) is 6.42 Å². The predicted molar refractivity (Wildman–Crippen MR) is 87.4 cm³/mol. The van der Waals surface area contributed by atoms with Crippen LogP contribution < -0.4 is 4.90 Å². The number of aliphatic carboxylic acids is 1. The number of benzene rings is 1. The number of nitrogens with zero attached hydrogens (tertiary/aromatic N) is 3. The van der Waals surface area contributed by atoms with Crippen molar-refractivity contribution >= 4 is 17.6 Å². The molecule has 2 heterocycles. The average Bonchev–Trinajstić information content (AvgIpc) is 3.04. The van der Waals surface area contributed by atoms with Gasteiger partial charge in [0.05, 0.1) is 12.5 Å². The molecule has 2 fully saturated rings. The molecule has 24 heavy (non-hydrogen) atoms. The van der Waals surface area contributed by atoms with E-state index in [9.17, 15) is 14.0 Å². The van der Waals surface area contributed by atoms with Gasteiger partial charge in [0.1, 0.15) is 5.82 Å². The molecule has 0 radical (unpaired) electrons. The van der Waals surface area contributed by atoms with Gasteiger partial charge in [0, 0.05) is 38.4 Å². The summed E-state index contributed by atoms with van der Waals surface area (Å²) in [5.41, 5.74) is 0.965. The molecular formula is C17H22FN3O3. The van der Waals surface area contributed by atoms with Gasteiger partial charge < -0.3 is 14.9 Å². The van der Waals surface area contributed by atoms with E-state index in [0.29, 0.717) is 39.1 Å². The number of piperazine rings is 1. The Labute approximate surface area is 140 Å². The van der Waals surface area contributed by atoms with Crippen LogP contribution in [0.5, 0.6) is 0 Å². The van der Waals surface area contributed by atoms with Crippen molar-refractivity contribution in [2.45, 2.75) is 6.42 Å². The molecule has 1 N–H and O–H groups in total. The minimum Gasteiger partial charge on any atom is -0.481 e. The standard InChI is InChI=1S/C17H22FN3O3/c18-14-1-3-15(4-2-14)20-7-9-21(10-8-20)16(22)12-19-6-5-13(11-19)17(23)24/h1-4,13H,5-12H2,(H,23,24). The van der Waals surface area contributed by atoms with E-state index >= 15 is 0 Å². The maximum atomic E-state index is 13.0. The van der Waals surface area contributed by atoms with E-state index < -0.39 is 5.97 Å².